The number of nitrogens with zero attached hydrogens (tertiary/aromatic N) is 4. The molecule has 16 nitrogen and oxygen atoms in total. The number of carbonyl (C=O) groups is 4. The van der Waals surface area contributed by atoms with Crippen LogP contribution in [0.5, 0.6) is 5.75 Å². The number of rotatable bonds is 11. The van der Waals surface area contributed by atoms with Crippen molar-refractivity contribution in [2.75, 3.05) is 34.5 Å². The summed E-state index contributed by atoms with van der Waals surface area (Å²) in [6.45, 7) is 11.0. The average molecular weight is 849 g/mol. The minimum absolute atomic E-state index is 0.0301. The number of amides is 4. The molecule has 3 aliphatic heterocycles. The molecule has 0 saturated carbocycles. The van der Waals surface area contributed by atoms with Crippen molar-refractivity contribution in [3.63, 3.8) is 0 Å². The van der Waals surface area contributed by atoms with Crippen LogP contribution in [0.25, 0.3) is 44.2 Å². The molecule has 62 heavy (non-hydrogen) atoms. The summed E-state index contributed by atoms with van der Waals surface area (Å²) in [4.78, 5) is 72.8. The van der Waals surface area contributed by atoms with E-state index in [1.807, 2.05) is 45.6 Å². The molecule has 3 aromatic carbocycles. The van der Waals surface area contributed by atoms with E-state index in [2.05, 4.69) is 57.0 Å². The quantitative estimate of drug-likeness (QED) is 0.107. The molecule has 2 aromatic heterocycles. The lowest BCUT2D eigenvalue weighted by Crippen LogP contribution is -2.52. The van der Waals surface area contributed by atoms with Crippen LogP contribution in [-0.2, 0) is 30.4 Å². The first kappa shape index (κ1) is 42.5. The second kappa shape index (κ2) is 17.3. The first-order valence-corrected chi connectivity index (χ1v) is 21.4. The molecule has 6 atom stereocenters. The third-order valence-electron chi connectivity index (χ3n) is 12.7. The summed E-state index contributed by atoms with van der Waals surface area (Å²) in [5.74, 6) is 1.61. The Hall–Kier alpha value is -6.16. The van der Waals surface area contributed by atoms with Crippen LogP contribution >= 0.6 is 0 Å². The average Bonchev–Trinajstić information content (AvgIpc) is 4.09. The second-order valence-electron chi connectivity index (χ2n) is 17.5. The number of hydrogen-bond acceptors (Lipinski definition) is 10. The maximum Gasteiger partial charge on any atom is 0.407 e. The third kappa shape index (κ3) is 7.91. The zero-order valence-electron chi connectivity index (χ0n) is 36.5. The van der Waals surface area contributed by atoms with Crippen LogP contribution in [0, 0.1) is 17.8 Å². The summed E-state index contributed by atoms with van der Waals surface area (Å²) >= 11 is 0. The van der Waals surface area contributed by atoms with Gasteiger partial charge in [-0.1, -0.05) is 45.9 Å². The van der Waals surface area contributed by atoms with Crippen LogP contribution in [0.4, 0.5) is 9.59 Å². The monoisotopic (exact) mass is 848 g/mol. The summed E-state index contributed by atoms with van der Waals surface area (Å²) in [5.41, 5.74) is 6.50. The van der Waals surface area contributed by atoms with Crippen molar-refractivity contribution in [3.05, 3.63) is 65.9 Å². The molecular weight excluding hydrogens is 793 g/mol. The fraction of sp³-hybridized carbons (Fsp3) is 0.478. The lowest BCUT2D eigenvalue weighted by atomic mass is 9.92. The van der Waals surface area contributed by atoms with E-state index in [4.69, 9.17) is 28.9 Å². The van der Waals surface area contributed by atoms with E-state index in [1.54, 1.807) is 18.2 Å². The van der Waals surface area contributed by atoms with Gasteiger partial charge in [-0.15, -0.1) is 0 Å². The van der Waals surface area contributed by atoms with Gasteiger partial charge in [-0.2, -0.15) is 0 Å². The number of aromatic amines is 2. The number of alkyl carbamates (subject to hydrolysis) is 2. The highest BCUT2D eigenvalue weighted by atomic mass is 16.5. The molecule has 16 heteroatoms. The lowest BCUT2D eigenvalue weighted by Gasteiger charge is -2.32. The van der Waals surface area contributed by atoms with Gasteiger partial charge in [-0.05, 0) is 84.4 Å². The molecule has 3 aliphatic rings. The molecule has 0 radical (unpaired) electrons. The van der Waals surface area contributed by atoms with Crippen molar-refractivity contribution in [1.82, 2.24) is 40.4 Å². The highest BCUT2D eigenvalue weighted by Gasteiger charge is 2.43. The number of carbonyl (C=O) groups excluding carboxylic acids is 4. The van der Waals surface area contributed by atoms with Crippen molar-refractivity contribution in [1.29, 1.82) is 0 Å². The van der Waals surface area contributed by atoms with Crippen molar-refractivity contribution in [3.8, 4) is 28.1 Å². The van der Waals surface area contributed by atoms with Gasteiger partial charge >= 0.3 is 12.2 Å². The number of fused-ring (bicyclic) bond motifs is 6. The topological polar surface area (TPSA) is 193 Å². The standard InChI is InChI=1S/C46H56N8O8/c1-23(2)38(51-45(57)60-7)43(55)53-20-26(21-59-6)15-36(53)41-47-19-34(49-41)28-10-12-30-29(16-28)22-62-37-18-31-27(17-32(30)37)11-13-33-40(31)50-42(48-33)35-14-9-25(5)54(35)44(56)39(24(3)4)52-46(58)61-8/h10-13,16-19,23-26,35-36,38-39H,9,14-15,20-22H2,1-8H3,(H,47,49)(H,48,50)(H,51,57)(H,52,58)/t25-,26?,35-,36-,38-,39-/m0/s1. The van der Waals surface area contributed by atoms with Crippen LogP contribution in [0.1, 0.15) is 83.2 Å². The fourth-order valence-electron chi connectivity index (χ4n) is 9.43. The second-order valence-corrected chi connectivity index (χ2v) is 17.5. The summed E-state index contributed by atoms with van der Waals surface area (Å²) in [5, 5.41) is 7.41. The van der Waals surface area contributed by atoms with E-state index >= 15 is 0 Å². The number of benzene rings is 3. The Morgan fingerprint density at radius 2 is 1.58 bits per heavy atom. The van der Waals surface area contributed by atoms with E-state index in [0.717, 1.165) is 68.3 Å². The van der Waals surface area contributed by atoms with E-state index in [9.17, 15) is 19.2 Å². The SMILES string of the molecule is COCC1C[C@@H](c2ncc(-c3ccc4c(c3)COc3cc5c(ccc6[nH]c([C@@H]7CC[C@H](C)N7C(=O)[C@@H](NC(=O)OC)C(C)C)nc65)cc3-4)[nH]2)N(C(=O)[C@@H](NC(=O)OC)C(C)C)C1. The van der Waals surface area contributed by atoms with Crippen LogP contribution < -0.4 is 15.4 Å². The van der Waals surface area contributed by atoms with Crippen molar-refractivity contribution in [2.45, 2.75) is 90.7 Å². The van der Waals surface area contributed by atoms with Gasteiger partial charge in [0.25, 0.3) is 0 Å². The maximum absolute atomic E-state index is 14.0. The summed E-state index contributed by atoms with van der Waals surface area (Å²) in [6, 6.07) is 12.5. The number of aromatic nitrogens is 4. The molecule has 0 spiro atoms. The summed E-state index contributed by atoms with van der Waals surface area (Å²) in [6.07, 6.45) is 2.73. The molecule has 8 rings (SSSR count). The number of likely N-dealkylation sites (tertiary alicyclic amines) is 2. The Bertz CT molecular complexity index is 2510. The largest absolute Gasteiger partial charge is 0.488 e. The number of methoxy groups -OCH3 is 3. The Balaban J connectivity index is 1.05. The zero-order valence-corrected chi connectivity index (χ0v) is 36.5. The molecule has 4 N–H and O–H groups in total. The first-order valence-electron chi connectivity index (χ1n) is 21.4. The smallest absolute Gasteiger partial charge is 0.407 e. The van der Waals surface area contributed by atoms with Gasteiger partial charge < -0.3 is 49.3 Å². The predicted molar refractivity (Wildman–Crippen MR) is 232 cm³/mol. The number of imidazole rings is 2. The van der Waals surface area contributed by atoms with Gasteiger partial charge in [0.05, 0.1) is 55.8 Å². The number of hydrogen-bond donors (Lipinski definition) is 4. The molecule has 0 aliphatic carbocycles. The van der Waals surface area contributed by atoms with Crippen molar-refractivity contribution >= 4 is 45.8 Å². The fourth-order valence-corrected chi connectivity index (χ4v) is 9.43. The van der Waals surface area contributed by atoms with E-state index in [-0.39, 0.29) is 47.7 Å². The van der Waals surface area contributed by atoms with E-state index < -0.39 is 24.3 Å². The molecule has 5 aromatic rings. The Kier molecular flexibility index (Phi) is 11.9. The van der Waals surface area contributed by atoms with Crippen LogP contribution in [0.15, 0.2) is 48.7 Å². The molecular formula is C46H56N8O8. The van der Waals surface area contributed by atoms with Gasteiger partial charge in [-0.25, -0.2) is 19.6 Å². The summed E-state index contributed by atoms with van der Waals surface area (Å²) < 4.78 is 21.6. The number of H-pyrrole nitrogens is 2. The lowest BCUT2D eigenvalue weighted by molar-refractivity contribution is -0.137. The van der Waals surface area contributed by atoms with Crippen molar-refractivity contribution < 1.29 is 38.1 Å². The third-order valence-corrected chi connectivity index (χ3v) is 12.7. The van der Waals surface area contributed by atoms with Crippen LogP contribution in [0.2, 0.25) is 0 Å². The minimum Gasteiger partial charge on any atom is -0.488 e. The van der Waals surface area contributed by atoms with E-state index in [0.29, 0.717) is 37.8 Å². The molecule has 5 heterocycles. The van der Waals surface area contributed by atoms with Crippen LogP contribution in [-0.4, -0.2) is 106 Å². The van der Waals surface area contributed by atoms with Crippen LogP contribution in [0.3, 0.4) is 0 Å². The zero-order chi connectivity index (χ0) is 44.0. The van der Waals surface area contributed by atoms with Gasteiger partial charge in [0.1, 0.15) is 36.1 Å². The number of nitrogens with one attached hydrogen (secondary N) is 4. The number of ether oxygens (including phenoxy) is 4. The summed E-state index contributed by atoms with van der Waals surface area (Å²) in [7, 11) is 4.23. The minimum atomic E-state index is -0.755. The van der Waals surface area contributed by atoms with Gasteiger partial charge in [0, 0.05) is 36.6 Å². The normalized spacial score (nSPS) is 20.5. The van der Waals surface area contributed by atoms with Gasteiger partial charge in [0.2, 0.25) is 11.8 Å². The Morgan fingerprint density at radius 1 is 0.855 bits per heavy atom. The maximum atomic E-state index is 14.0. The molecule has 2 saturated heterocycles. The Morgan fingerprint density at radius 3 is 2.27 bits per heavy atom. The molecule has 328 valence electrons. The molecule has 2 fully saturated rings. The predicted octanol–water partition coefficient (Wildman–Crippen LogP) is 7.01. The highest BCUT2D eigenvalue weighted by Crippen LogP contribution is 2.44. The Labute approximate surface area is 360 Å². The molecule has 0 bridgehead atoms. The molecule has 4 amide bonds. The van der Waals surface area contributed by atoms with Gasteiger partial charge in [0.15, 0.2) is 0 Å². The highest BCUT2D eigenvalue weighted by molar-refractivity contribution is 6.07. The first-order chi connectivity index (χ1) is 29.8. The molecule has 1 unspecified atom stereocenters. The van der Waals surface area contributed by atoms with Crippen molar-refractivity contribution in [2.24, 2.45) is 17.8 Å². The van der Waals surface area contributed by atoms with E-state index in [1.165, 1.54) is 14.2 Å². The van der Waals surface area contributed by atoms with Gasteiger partial charge in [-0.3, -0.25) is 9.59 Å².